The first kappa shape index (κ1) is 14.8. The number of carbonyl (C=O) groups excluding carboxylic acids is 2. The van der Waals surface area contributed by atoms with Crippen molar-refractivity contribution in [1.82, 2.24) is 10.2 Å². The Hall–Kier alpha value is -1.26. The van der Waals surface area contributed by atoms with Crippen LogP contribution in [0.1, 0.15) is 40.5 Å². The highest BCUT2D eigenvalue weighted by atomic mass is 16.5. The Morgan fingerprint density at radius 1 is 1.39 bits per heavy atom. The van der Waals surface area contributed by atoms with Crippen molar-refractivity contribution in [2.45, 2.75) is 46.1 Å². The number of hydrogen-bond acceptors (Lipinski definition) is 3. The first-order valence-electron chi connectivity index (χ1n) is 6.34. The Labute approximate surface area is 109 Å². The third kappa shape index (κ3) is 2.76. The van der Waals surface area contributed by atoms with Crippen LogP contribution in [-0.4, -0.2) is 42.6 Å². The van der Waals surface area contributed by atoms with E-state index in [1.54, 1.807) is 0 Å². The second kappa shape index (κ2) is 5.16. The number of nitrogens with one attached hydrogen (secondary N) is 1. The predicted molar refractivity (Wildman–Crippen MR) is 69.2 cm³/mol. The lowest BCUT2D eigenvalue weighted by Gasteiger charge is -2.45. The van der Waals surface area contributed by atoms with Crippen molar-refractivity contribution in [3.8, 4) is 0 Å². The average Bonchev–Trinajstić information content (AvgIpc) is 2.68. The number of ether oxygens (including phenoxy) is 1. The van der Waals surface area contributed by atoms with Crippen molar-refractivity contribution in [2.24, 2.45) is 5.41 Å². The van der Waals surface area contributed by atoms with Crippen molar-refractivity contribution < 1.29 is 14.3 Å². The summed E-state index contributed by atoms with van der Waals surface area (Å²) in [4.78, 5) is 25.1. The van der Waals surface area contributed by atoms with Crippen molar-refractivity contribution in [1.29, 1.82) is 0 Å². The SMILES string of the molecule is COC(=O)NCC(=O)N1CCC[C@@]1(C)C(C)(C)C. The summed E-state index contributed by atoms with van der Waals surface area (Å²) in [7, 11) is 1.29. The minimum Gasteiger partial charge on any atom is -0.453 e. The van der Waals surface area contributed by atoms with Gasteiger partial charge in [-0.25, -0.2) is 4.79 Å². The molecule has 0 spiro atoms. The van der Waals surface area contributed by atoms with E-state index in [0.717, 1.165) is 19.4 Å². The maximum atomic E-state index is 12.2. The van der Waals surface area contributed by atoms with Crippen LogP contribution in [0.2, 0.25) is 0 Å². The molecule has 0 aromatic rings. The fourth-order valence-electron chi connectivity index (χ4n) is 2.46. The number of carbonyl (C=O) groups is 2. The summed E-state index contributed by atoms with van der Waals surface area (Å²) in [6.07, 6.45) is 1.44. The highest BCUT2D eigenvalue weighted by molar-refractivity contribution is 5.83. The predicted octanol–water partition coefficient (Wildman–Crippen LogP) is 1.77. The van der Waals surface area contributed by atoms with Gasteiger partial charge in [0.2, 0.25) is 5.91 Å². The largest absolute Gasteiger partial charge is 0.453 e. The maximum absolute atomic E-state index is 12.2. The van der Waals surface area contributed by atoms with Gasteiger partial charge in [0.1, 0.15) is 6.54 Å². The third-order valence-corrected chi connectivity index (χ3v) is 4.13. The number of methoxy groups -OCH3 is 1. The molecule has 0 bridgehead atoms. The van der Waals surface area contributed by atoms with Crippen molar-refractivity contribution in [2.75, 3.05) is 20.2 Å². The zero-order chi connectivity index (χ0) is 14.0. The van der Waals surface area contributed by atoms with E-state index in [0.29, 0.717) is 0 Å². The number of amides is 2. The normalized spacial score (nSPS) is 23.9. The molecule has 1 aliphatic rings. The Bertz CT molecular complexity index is 336. The van der Waals surface area contributed by atoms with Crippen molar-refractivity contribution >= 4 is 12.0 Å². The first-order chi connectivity index (χ1) is 8.22. The third-order valence-electron chi connectivity index (χ3n) is 4.13. The van der Waals surface area contributed by atoms with E-state index in [4.69, 9.17) is 0 Å². The standard InChI is InChI=1S/C13H24N2O3/c1-12(2,3)13(4)7-6-8-15(13)10(16)9-14-11(17)18-5/h6-9H2,1-5H3,(H,14,17)/t13-/m0/s1. The Balaban J connectivity index is 2.70. The molecular formula is C13H24N2O3. The summed E-state index contributed by atoms with van der Waals surface area (Å²) in [5.74, 6) is -0.0460. The molecule has 0 aromatic heterocycles. The van der Waals surface area contributed by atoms with E-state index >= 15 is 0 Å². The van der Waals surface area contributed by atoms with Crippen LogP contribution in [0.15, 0.2) is 0 Å². The minimum absolute atomic E-state index is 0.00164. The van der Waals surface area contributed by atoms with Gasteiger partial charge in [0, 0.05) is 12.1 Å². The van der Waals surface area contributed by atoms with E-state index in [1.807, 2.05) is 4.90 Å². The highest BCUT2D eigenvalue weighted by Gasteiger charge is 2.47. The maximum Gasteiger partial charge on any atom is 0.407 e. The number of nitrogens with zero attached hydrogens (tertiary/aromatic N) is 1. The molecule has 1 aliphatic heterocycles. The molecule has 1 N–H and O–H groups in total. The first-order valence-corrected chi connectivity index (χ1v) is 6.34. The molecule has 0 aromatic carbocycles. The molecule has 2 amide bonds. The van der Waals surface area contributed by atoms with Crippen LogP contribution in [0.3, 0.4) is 0 Å². The highest BCUT2D eigenvalue weighted by Crippen LogP contribution is 2.43. The second-order valence-corrected chi connectivity index (χ2v) is 6.02. The monoisotopic (exact) mass is 256 g/mol. The van der Waals surface area contributed by atoms with Crippen LogP contribution in [0.5, 0.6) is 0 Å². The molecule has 1 saturated heterocycles. The smallest absolute Gasteiger partial charge is 0.407 e. The molecule has 0 radical (unpaired) electrons. The zero-order valence-electron chi connectivity index (χ0n) is 12.0. The van der Waals surface area contributed by atoms with Gasteiger partial charge in [-0.15, -0.1) is 0 Å². The molecule has 18 heavy (non-hydrogen) atoms. The van der Waals surface area contributed by atoms with Gasteiger partial charge in [-0.3, -0.25) is 4.79 Å². The summed E-state index contributed by atoms with van der Waals surface area (Å²) in [6, 6.07) is 0. The number of alkyl carbamates (subject to hydrolysis) is 1. The van der Waals surface area contributed by atoms with Crippen LogP contribution < -0.4 is 5.32 Å². The zero-order valence-corrected chi connectivity index (χ0v) is 12.0. The molecule has 5 heteroatoms. The molecule has 0 aliphatic carbocycles. The van der Waals surface area contributed by atoms with Crippen LogP contribution in [0.25, 0.3) is 0 Å². The molecule has 1 heterocycles. The molecule has 0 saturated carbocycles. The lowest BCUT2D eigenvalue weighted by Crippen LogP contribution is -2.55. The fourth-order valence-corrected chi connectivity index (χ4v) is 2.46. The molecule has 1 rings (SSSR count). The molecule has 1 atom stereocenters. The molecule has 1 fully saturated rings. The molecule has 104 valence electrons. The van der Waals surface area contributed by atoms with Gasteiger partial charge in [-0.1, -0.05) is 20.8 Å². The molecule has 5 nitrogen and oxygen atoms in total. The van der Waals surface area contributed by atoms with Crippen LogP contribution >= 0.6 is 0 Å². The average molecular weight is 256 g/mol. The summed E-state index contributed by atoms with van der Waals surface area (Å²) >= 11 is 0. The van der Waals surface area contributed by atoms with Gasteiger partial charge >= 0.3 is 6.09 Å². The van der Waals surface area contributed by atoms with Crippen LogP contribution in [0.4, 0.5) is 4.79 Å². The van der Waals surface area contributed by atoms with Gasteiger partial charge in [-0.05, 0) is 25.2 Å². The van der Waals surface area contributed by atoms with Gasteiger partial charge in [-0.2, -0.15) is 0 Å². The summed E-state index contributed by atoms with van der Waals surface area (Å²) in [5.41, 5.74) is -0.133. The fraction of sp³-hybridized carbons (Fsp3) is 0.846. The van der Waals surface area contributed by atoms with Gasteiger partial charge in [0.25, 0.3) is 0 Å². The molecule has 0 unspecified atom stereocenters. The summed E-state index contributed by atoms with van der Waals surface area (Å²) < 4.78 is 4.46. The van der Waals surface area contributed by atoms with Crippen LogP contribution in [0, 0.1) is 5.41 Å². The summed E-state index contributed by atoms with van der Waals surface area (Å²) in [6.45, 7) is 9.31. The van der Waals surface area contributed by atoms with E-state index in [2.05, 4.69) is 37.7 Å². The Morgan fingerprint density at radius 2 is 2.00 bits per heavy atom. The van der Waals surface area contributed by atoms with E-state index in [9.17, 15) is 9.59 Å². The Kier molecular flexibility index (Phi) is 4.24. The van der Waals surface area contributed by atoms with Gasteiger partial charge in [0.15, 0.2) is 0 Å². The van der Waals surface area contributed by atoms with Crippen molar-refractivity contribution in [3.05, 3.63) is 0 Å². The quantitative estimate of drug-likeness (QED) is 0.819. The second-order valence-electron chi connectivity index (χ2n) is 6.02. The van der Waals surface area contributed by atoms with E-state index in [-0.39, 0.29) is 23.4 Å². The minimum atomic E-state index is -0.569. The number of likely N-dealkylation sites (tertiary alicyclic amines) is 1. The lowest BCUT2D eigenvalue weighted by atomic mass is 9.73. The molecular weight excluding hydrogens is 232 g/mol. The lowest BCUT2D eigenvalue weighted by molar-refractivity contribution is -0.137. The number of rotatable bonds is 2. The van der Waals surface area contributed by atoms with E-state index in [1.165, 1.54) is 7.11 Å². The topological polar surface area (TPSA) is 58.6 Å². The van der Waals surface area contributed by atoms with Gasteiger partial charge < -0.3 is 15.0 Å². The Morgan fingerprint density at radius 3 is 2.50 bits per heavy atom. The number of hydrogen-bond donors (Lipinski definition) is 1. The van der Waals surface area contributed by atoms with Crippen LogP contribution in [-0.2, 0) is 9.53 Å². The van der Waals surface area contributed by atoms with E-state index < -0.39 is 6.09 Å². The van der Waals surface area contributed by atoms with Gasteiger partial charge in [0.05, 0.1) is 7.11 Å². The summed E-state index contributed by atoms with van der Waals surface area (Å²) in [5, 5.41) is 2.45. The van der Waals surface area contributed by atoms with Crippen molar-refractivity contribution in [3.63, 3.8) is 0 Å².